The second-order valence-corrected chi connectivity index (χ2v) is 2.10. The Morgan fingerprint density at radius 1 is 1.55 bits per heavy atom. The molecule has 0 aromatic rings. The van der Waals surface area contributed by atoms with Crippen LogP contribution in [-0.4, -0.2) is 18.5 Å². The number of allylic oxidation sites excluding steroid dienone is 1. The lowest BCUT2D eigenvalue weighted by atomic mass is 10.5. The molecule has 4 heteroatoms. The molecule has 0 aromatic heterocycles. The minimum absolute atomic E-state index is 0.254. The third kappa shape index (κ3) is 5.14. The fourth-order valence-electron chi connectivity index (χ4n) is 0.348. The second kappa shape index (κ2) is 4.49. The molecule has 0 saturated heterocycles. The third-order valence-corrected chi connectivity index (χ3v) is 0.678. The smallest absolute Gasteiger partial charge is 0.431 e. The molecular weight excluding hydrogens is 148 g/mol. The maximum Gasteiger partial charge on any atom is 0.514 e. The van der Waals surface area contributed by atoms with Crippen molar-refractivity contribution in [3.63, 3.8) is 0 Å². The molecule has 0 N–H and O–H groups in total. The van der Waals surface area contributed by atoms with E-state index in [1.807, 2.05) is 0 Å². The Morgan fingerprint density at radius 3 is 2.45 bits per heavy atom. The van der Waals surface area contributed by atoms with Crippen molar-refractivity contribution in [1.29, 1.82) is 0 Å². The Morgan fingerprint density at radius 2 is 2.09 bits per heavy atom. The standard InChI is InChI=1S/C7H10O4/c1-5(2)10-7(9)11-6(3)4-8/h4-5H,3H2,1-2H3. The largest absolute Gasteiger partial charge is 0.514 e. The van der Waals surface area contributed by atoms with E-state index in [4.69, 9.17) is 0 Å². The predicted molar refractivity (Wildman–Crippen MR) is 37.9 cm³/mol. The highest BCUT2D eigenvalue weighted by molar-refractivity contribution is 5.74. The van der Waals surface area contributed by atoms with E-state index in [1.165, 1.54) is 0 Å². The summed E-state index contributed by atoms with van der Waals surface area (Å²) in [5.74, 6) is -0.254. The lowest BCUT2D eigenvalue weighted by Gasteiger charge is -2.06. The molecule has 0 unspecified atom stereocenters. The Kier molecular flexibility index (Phi) is 3.95. The van der Waals surface area contributed by atoms with Crippen molar-refractivity contribution in [2.75, 3.05) is 0 Å². The minimum atomic E-state index is -0.905. The first-order valence-electron chi connectivity index (χ1n) is 3.08. The number of carbonyl (C=O) groups excluding carboxylic acids is 2. The monoisotopic (exact) mass is 158 g/mol. The molecule has 0 aliphatic carbocycles. The number of ether oxygens (including phenoxy) is 2. The topological polar surface area (TPSA) is 52.6 Å². The van der Waals surface area contributed by atoms with Crippen LogP contribution in [-0.2, 0) is 14.3 Å². The molecule has 0 radical (unpaired) electrons. The van der Waals surface area contributed by atoms with Crippen molar-refractivity contribution in [3.05, 3.63) is 12.3 Å². The van der Waals surface area contributed by atoms with Gasteiger partial charge >= 0.3 is 6.16 Å². The van der Waals surface area contributed by atoms with Crippen LogP contribution in [0.4, 0.5) is 4.79 Å². The highest BCUT2D eigenvalue weighted by Crippen LogP contribution is 1.96. The van der Waals surface area contributed by atoms with Crippen LogP contribution in [0.25, 0.3) is 0 Å². The van der Waals surface area contributed by atoms with Crippen molar-refractivity contribution in [1.82, 2.24) is 0 Å². The quantitative estimate of drug-likeness (QED) is 0.268. The Bertz CT molecular complexity index is 171. The van der Waals surface area contributed by atoms with E-state index >= 15 is 0 Å². The zero-order valence-corrected chi connectivity index (χ0v) is 6.49. The highest BCUT2D eigenvalue weighted by Gasteiger charge is 2.07. The van der Waals surface area contributed by atoms with Crippen molar-refractivity contribution in [2.45, 2.75) is 20.0 Å². The first kappa shape index (κ1) is 9.68. The molecule has 4 nitrogen and oxygen atoms in total. The molecular formula is C7H10O4. The van der Waals surface area contributed by atoms with E-state index < -0.39 is 6.16 Å². The van der Waals surface area contributed by atoms with E-state index in [0.29, 0.717) is 6.29 Å². The zero-order valence-electron chi connectivity index (χ0n) is 6.49. The fraction of sp³-hybridized carbons (Fsp3) is 0.429. The molecule has 0 fully saturated rings. The Labute approximate surface area is 64.8 Å². The molecule has 0 bridgehead atoms. The summed E-state index contributed by atoms with van der Waals surface area (Å²) in [4.78, 5) is 20.5. The first-order valence-corrected chi connectivity index (χ1v) is 3.08. The molecule has 0 heterocycles. The van der Waals surface area contributed by atoms with Crippen LogP contribution in [0.2, 0.25) is 0 Å². The number of hydrogen-bond acceptors (Lipinski definition) is 4. The van der Waals surface area contributed by atoms with Crippen LogP contribution in [0.1, 0.15) is 13.8 Å². The molecule has 0 aliphatic rings. The summed E-state index contributed by atoms with van der Waals surface area (Å²) in [5.41, 5.74) is 0. The van der Waals surface area contributed by atoms with Crippen molar-refractivity contribution < 1.29 is 19.1 Å². The van der Waals surface area contributed by atoms with Crippen LogP contribution in [0.5, 0.6) is 0 Å². The molecule has 0 amide bonds. The number of hydrogen-bond donors (Lipinski definition) is 0. The van der Waals surface area contributed by atoms with Crippen LogP contribution >= 0.6 is 0 Å². The third-order valence-electron chi connectivity index (χ3n) is 0.678. The van der Waals surface area contributed by atoms with E-state index in [9.17, 15) is 9.59 Å². The lowest BCUT2D eigenvalue weighted by Crippen LogP contribution is -2.12. The molecule has 0 atom stereocenters. The Balaban J connectivity index is 3.69. The van der Waals surface area contributed by atoms with E-state index in [2.05, 4.69) is 16.1 Å². The van der Waals surface area contributed by atoms with Gasteiger partial charge in [-0.05, 0) is 13.8 Å². The lowest BCUT2D eigenvalue weighted by molar-refractivity contribution is -0.107. The second-order valence-electron chi connectivity index (χ2n) is 2.10. The molecule has 62 valence electrons. The van der Waals surface area contributed by atoms with Gasteiger partial charge in [-0.15, -0.1) is 0 Å². The summed E-state index contributed by atoms with van der Waals surface area (Å²) >= 11 is 0. The van der Waals surface area contributed by atoms with Gasteiger partial charge in [0.1, 0.15) is 0 Å². The van der Waals surface area contributed by atoms with Gasteiger partial charge in [0.15, 0.2) is 12.0 Å². The van der Waals surface area contributed by atoms with Gasteiger partial charge in [0.05, 0.1) is 6.10 Å². The van der Waals surface area contributed by atoms with Crippen LogP contribution in [0.3, 0.4) is 0 Å². The zero-order chi connectivity index (χ0) is 8.85. The van der Waals surface area contributed by atoms with Gasteiger partial charge < -0.3 is 9.47 Å². The number of carbonyl (C=O) groups is 2. The van der Waals surface area contributed by atoms with E-state index in [-0.39, 0.29) is 11.9 Å². The van der Waals surface area contributed by atoms with Gasteiger partial charge in [0, 0.05) is 0 Å². The average molecular weight is 158 g/mol. The van der Waals surface area contributed by atoms with E-state index in [0.717, 1.165) is 0 Å². The fourth-order valence-corrected chi connectivity index (χ4v) is 0.348. The number of rotatable bonds is 3. The van der Waals surface area contributed by atoms with Gasteiger partial charge in [0.2, 0.25) is 0 Å². The van der Waals surface area contributed by atoms with Crippen LogP contribution in [0, 0.1) is 0 Å². The summed E-state index contributed by atoms with van der Waals surface area (Å²) in [5, 5.41) is 0. The Hall–Kier alpha value is -1.32. The van der Waals surface area contributed by atoms with Crippen LogP contribution in [0.15, 0.2) is 12.3 Å². The molecule has 11 heavy (non-hydrogen) atoms. The molecule has 0 aliphatic heterocycles. The van der Waals surface area contributed by atoms with Gasteiger partial charge in [-0.25, -0.2) is 4.79 Å². The van der Waals surface area contributed by atoms with Gasteiger partial charge in [-0.1, -0.05) is 6.58 Å². The summed E-state index contributed by atoms with van der Waals surface area (Å²) < 4.78 is 8.83. The number of aldehydes is 1. The summed E-state index contributed by atoms with van der Waals surface area (Å²) in [6.45, 7) is 6.47. The maximum atomic E-state index is 10.6. The summed E-state index contributed by atoms with van der Waals surface area (Å²) in [7, 11) is 0. The normalized spacial score (nSPS) is 9.00. The van der Waals surface area contributed by atoms with Gasteiger partial charge in [0.25, 0.3) is 0 Å². The first-order chi connectivity index (χ1) is 5.06. The van der Waals surface area contributed by atoms with E-state index in [1.54, 1.807) is 13.8 Å². The average Bonchev–Trinajstić information content (AvgIpc) is 1.85. The molecule has 0 aromatic carbocycles. The minimum Gasteiger partial charge on any atom is -0.431 e. The predicted octanol–water partition coefficient (Wildman–Crippen LogP) is 1.26. The van der Waals surface area contributed by atoms with Crippen LogP contribution < -0.4 is 0 Å². The molecule has 0 spiro atoms. The summed E-state index contributed by atoms with van der Waals surface area (Å²) in [6, 6.07) is 0. The van der Waals surface area contributed by atoms with Crippen molar-refractivity contribution >= 4 is 12.4 Å². The maximum absolute atomic E-state index is 10.6. The molecule has 0 saturated carbocycles. The summed E-state index contributed by atoms with van der Waals surface area (Å²) in [6.07, 6.45) is -0.833. The SMILES string of the molecule is C=C(C=O)OC(=O)OC(C)C. The van der Waals surface area contributed by atoms with Crippen molar-refractivity contribution in [3.8, 4) is 0 Å². The highest BCUT2D eigenvalue weighted by atomic mass is 16.7. The van der Waals surface area contributed by atoms with Crippen molar-refractivity contribution in [2.24, 2.45) is 0 Å². The molecule has 0 rings (SSSR count). The van der Waals surface area contributed by atoms with Gasteiger partial charge in [-0.2, -0.15) is 0 Å². The van der Waals surface area contributed by atoms with Gasteiger partial charge in [-0.3, -0.25) is 4.79 Å².